The Kier molecular flexibility index (Phi) is 5.15. The first-order chi connectivity index (χ1) is 10.9. The lowest BCUT2D eigenvalue weighted by molar-refractivity contribution is 0.403. The van der Waals surface area contributed by atoms with Crippen LogP contribution in [0.5, 0.6) is 11.5 Å². The fraction of sp³-hybridized carbons (Fsp3) is 0.294. The summed E-state index contributed by atoms with van der Waals surface area (Å²) in [6.45, 7) is 2.19. The highest BCUT2D eigenvalue weighted by molar-refractivity contribution is 7.92. The second-order valence-electron chi connectivity index (χ2n) is 5.23. The van der Waals surface area contributed by atoms with Gasteiger partial charge in [-0.05, 0) is 30.2 Å². The predicted octanol–water partition coefficient (Wildman–Crippen LogP) is 2.98. The van der Waals surface area contributed by atoms with Gasteiger partial charge in [-0.25, -0.2) is 8.42 Å². The Morgan fingerprint density at radius 3 is 2.30 bits per heavy atom. The Morgan fingerprint density at radius 1 is 1.04 bits per heavy atom. The quantitative estimate of drug-likeness (QED) is 0.814. The number of sulfonamides is 1. The molecular weight excluding hydrogens is 314 g/mol. The third-order valence-electron chi connectivity index (χ3n) is 3.63. The molecule has 0 saturated carbocycles. The highest BCUT2D eigenvalue weighted by Gasteiger charge is 2.22. The van der Waals surface area contributed by atoms with Gasteiger partial charge < -0.3 is 9.47 Å². The van der Waals surface area contributed by atoms with Crippen molar-refractivity contribution in [1.29, 1.82) is 0 Å². The Labute approximate surface area is 137 Å². The Balaban J connectivity index is 2.54. The molecule has 0 aliphatic rings. The summed E-state index contributed by atoms with van der Waals surface area (Å²) >= 11 is 0. The number of benzene rings is 2. The maximum absolute atomic E-state index is 12.3. The van der Waals surface area contributed by atoms with Crippen LogP contribution in [-0.2, 0) is 16.6 Å². The molecule has 2 aromatic carbocycles. The van der Waals surface area contributed by atoms with Crippen molar-refractivity contribution < 1.29 is 17.9 Å². The van der Waals surface area contributed by atoms with Gasteiger partial charge in [-0.2, -0.15) is 0 Å². The number of aryl methyl sites for hydroxylation is 1. The molecule has 0 bridgehead atoms. The number of ether oxygens (including phenoxy) is 2. The van der Waals surface area contributed by atoms with E-state index in [4.69, 9.17) is 9.47 Å². The molecule has 5 nitrogen and oxygen atoms in total. The molecule has 0 aromatic heterocycles. The number of hydrogen-bond acceptors (Lipinski definition) is 4. The molecule has 2 rings (SSSR count). The molecule has 0 unspecified atom stereocenters. The van der Waals surface area contributed by atoms with E-state index >= 15 is 0 Å². The third kappa shape index (κ3) is 3.96. The van der Waals surface area contributed by atoms with E-state index in [1.165, 1.54) is 24.8 Å². The molecule has 0 radical (unpaired) electrons. The van der Waals surface area contributed by atoms with Gasteiger partial charge >= 0.3 is 0 Å². The molecule has 0 aliphatic carbocycles. The molecule has 0 saturated heterocycles. The lowest BCUT2D eigenvalue weighted by Crippen LogP contribution is -2.30. The van der Waals surface area contributed by atoms with Crippen LogP contribution in [0.1, 0.15) is 11.1 Å². The van der Waals surface area contributed by atoms with Crippen LogP contribution < -0.4 is 13.8 Å². The van der Waals surface area contributed by atoms with E-state index in [0.29, 0.717) is 17.2 Å². The number of anilines is 1. The van der Waals surface area contributed by atoms with Gasteiger partial charge in [0.2, 0.25) is 10.0 Å². The van der Waals surface area contributed by atoms with Gasteiger partial charge in [-0.15, -0.1) is 0 Å². The molecule has 0 heterocycles. The van der Waals surface area contributed by atoms with E-state index in [1.54, 1.807) is 18.2 Å². The largest absolute Gasteiger partial charge is 0.497 e. The summed E-state index contributed by atoms with van der Waals surface area (Å²) in [5.41, 5.74) is 2.42. The van der Waals surface area contributed by atoms with Crippen LogP contribution in [0, 0.1) is 6.92 Å². The fourth-order valence-corrected chi connectivity index (χ4v) is 3.19. The van der Waals surface area contributed by atoms with E-state index in [2.05, 4.69) is 0 Å². The molecule has 0 N–H and O–H groups in total. The topological polar surface area (TPSA) is 55.8 Å². The Morgan fingerprint density at radius 2 is 1.74 bits per heavy atom. The van der Waals surface area contributed by atoms with Crippen LogP contribution in [0.4, 0.5) is 5.69 Å². The summed E-state index contributed by atoms with van der Waals surface area (Å²) in [5, 5.41) is 0. The average molecular weight is 335 g/mol. The molecule has 124 valence electrons. The Hall–Kier alpha value is -2.21. The first kappa shape index (κ1) is 17.1. The molecule has 0 aliphatic heterocycles. The second kappa shape index (κ2) is 6.91. The summed E-state index contributed by atoms with van der Waals surface area (Å²) in [4.78, 5) is 0. The van der Waals surface area contributed by atoms with Crippen molar-refractivity contribution in [3.63, 3.8) is 0 Å². The van der Waals surface area contributed by atoms with Crippen LogP contribution in [-0.4, -0.2) is 28.9 Å². The van der Waals surface area contributed by atoms with E-state index in [-0.39, 0.29) is 6.54 Å². The number of methoxy groups -OCH3 is 2. The van der Waals surface area contributed by atoms with Gasteiger partial charge in [0.1, 0.15) is 11.5 Å². The van der Waals surface area contributed by atoms with E-state index in [9.17, 15) is 8.42 Å². The summed E-state index contributed by atoms with van der Waals surface area (Å²) in [7, 11) is -0.440. The first-order valence-electron chi connectivity index (χ1n) is 7.11. The van der Waals surface area contributed by atoms with Crippen molar-refractivity contribution in [2.45, 2.75) is 13.5 Å². The van der Waals surface area contributed by atoms with Crippen molar-refractivity contribution in [3.05, 3.63) is 53.6 Å². The van der Waals surface area contributed by atoms with Gasteiger partial charge in [0.05, 0.1) is 32.7 Å². The lowest BCUT2D eigenvalue weighted by Gasteiger charge is -2.25. The zero-order valence-electron chi connectivity index (χ0n) is 13.7. The normalized spacial score (nSPS) is 11.1. The number of rotatable bonds is 6. The van der Waals surface area contributed by atoms with E-state index < -0.39 is 10.0 Å². The molecule has 0 atom stereocenters. The van der Waals surface area contributed by atoms with Crippen molar-refractivity contribution in [2.24, 2.45) is 0 Å². The first-order valence-corrected chi connectivity index (χ1v) is 8.96. The SMILES string of the molecule is COc1ccc(OC)c(N(Cc2ccccc2C)S(C)(=O)=O)c1. The predicted molar refractivity (Wildman–Crippen MR) is 91.8 cm³/mol. The zero-order valence-corrected chi connectivity index (χ0v) is 14.6. The molecular formula is C17H21NO4S. The monoisotopic (exact) mass is 335 g/mol. The van der Waals surface area contributed by atoms with Crippen LogP contribution in [0.25, 0.3) is 0 Å². The molecule has 6 heteroatoms. The highest BCUT2D eigenvalue weighted by Crippen LogP contribution is 2.35. The summed E-state index contributed by atoms with van der Waals surface area (Å²) in [6.07, 6.45) is 1.18. The van der Waals surface area contributed by atoms with Gasteiger partial charge in [0, 0.05) is 6.07 Å². The summed E-state index contributed by atoms with van der Waals surface area (Å²) in [6, 6.07) is 12.8. The fourth-order valence-electron chi connectivity index (χ4n) is 2.31. The minimum atomic E-state index is -3.49. The zero-order chi connectivity index (χ0) is 17.0. The van der Waals surface area contributed by atoms with Gasteiger partial charge in [0.25, 0.3) is 0 Å². The number of nitrogens with zero attached hydrogens (tertiary/aromatic N) is 1. The van der Waals surface area contributed by atoms with E-state index in [0.717, 1.165) is 11.1 Å². The third-order valence-corrected chi connectivity index (χ3v) is 4.76. The van der Waals surface area contributed by atoms with E-state index in [1.807, 2.05) is 31.2 Å². The van der Waals surface area contributed by atoms with Crippen molar-refractivity contribution in [1.82, 2.24) is 0 Å². The minimum absolute atomic E-state index is 0.231. The molecule has 0 fully saturated rings. The molecule has 0 spiro atoms. The van der Waals surface area contributed by atoms with Crippen molar-refractivity contribution >= 4 is 15.7 Å². The van der Waals surface area contributed by atoms with Gasteiger partial charge in [-0.1, -0.05) is 24.3 Å². The standard InChI is InChI=1S/C17H21NO4S/c1-13-7-5-6-8-14(13)12-18(23(4,19)20)16-11-15(21-2)9-10-17(16)22-3/h5-11H,12H2,1-4H3. The highest BCUT2D eigenvalue weighted by atomic mass is 32.2. The second-order valence-corrected chi connectivity index (χ2v) is 7.14. The Bertz CT molecular complexity index is 787. The smallest absolute Gasteiger partial charge is 0.232 e. The molecule has 23 heavy (non-hydrogen) atoms. The average Bonchev–Trinajstić information content (AvgIpc) is 2.52. The van der Waals surface area contributed by atoms with Crippen LogP contribution in [0.3, 0.4) is 0 Å². The molecule has 2 aromatic rings. The summed E-state index contributed by atoms with van der Waals surface area (Å²) in [5.74, 6) is 1.05. The minimum Gasteiger partial charge on any atom is -0.497 e. The number of hydrogen-bond donors (Lipinski definition) is 0. The van der Waals surface area contributed by atoms with Gasteiger partial charge in [-0.3, -0.25) is 4.31 Å². The maximum atomic E-state index is 12.3. The van der Waals surface area contributed by atoms with Gasteiger partial charge in [0.15, 0.2) is 0 Å². The van der Waals surface area contributed by atoms with Crippen molar-refractivity contribution in [2.75, 3.05) is 24.8 Å². The summed E-state index contributed by atoms with van der Waals surface area (Å²) < 4.78 is 36.6. The van der Waals surface area contributed by atoms with Crippen LogP contribution in [0.2, 0.25) is 0 Å². The lowest BCUT2D eigenvalue weighted by atomic mass is 10.1. The maximum Gasteiger partial charge on any atom is 0.232 e. The van der Waals surface area contributed by atoms with Crippen LogP contribution in [0.15, 0.2) is 42.5 Å². The molecule has 0 amide bonds. The van der Waals surface area contributed by atoms with Crippen molar-refractivity contribution in [3.8, 4) is 11.5 Å². The van der Waals surface area contributed by atoms with Crippen LogP contribution >= 0.6 is 0 Å².